The molecule has 0 aliphatic carbocycles. The minimum Gasteiger partial charge on any atom is -0.444 e. The molecule has 1 saturated heterocycles. The lowest BCUT2D eigenvalue weighted by atomic mass is 9.97. The van der Waals surface area contributed by atoms with Gasteiger partial charge in [-0.05, 0) is 63.2 Å². The van der Waals surface area contributed by atoms with E-state index in [1.807, 2.05) is 32.9 Å². The third-order valence-electron chi connectivity index (χ3n) is 5.61. The predicted octanol–water partition coefficient (Wildman–Crippen LogP) is 4.95. The summed E-state index contributed by atoms with van der Waals surface area (Å²) in [4.78, 5) is 18.7. The Kier molecular flexibility index (Phi) is 5.49. The fourth-order valence-corrected chi connectivity index (χ4v) is 4.04. The third kappa shape index (κ3) is 4.29. The Labute approximate surface area is 182 Å². The highest BCUT2D eigenvalue weighted by atomic mass is 16.6. The molecule has 8 heteroatoms. The van der Waals surface area contributed by atoms with E-state index in [2.05, 4.69) is 37.0 Å². The Bertz CT molecular complexity index is 1080. The van der Waals surface area contributed by atoms with Crippen LogP contribution in [0, 0.1) is 6.92 Å². The van der Waals surface area contributed by atoms with Crippen molar-refractivity contribution < 1.29 is 14.1 Å². The van der Waals surface area contributed by atoms with Gasteiger partial charge < -0.3 is 14.2 Å². The van der Waals surface area contributed by atoms with Crippen molar-refractivity contribution in [2.75, 3.05) is 13.1 Å². The molecule has 0 radical (unpaired) electrons. The Balaban J connectivity index is 1.53. The molecule has 1 amide bonds. The monoisotopic (exact) mass is 425 g/mol. The van der Waals surface area contributed by atoms with Gasteiger partial charge in [0.2, 0.25) is 5.89 Å². The van der Waals surface area contributed by atoms with Gasteiger partial charge in [-0.25, -0.2) is 4.79 Å². The summed E-state index contributed by atoms with van der Waals surface area (Å²) in [6, 6.07) is 6.16. The van der Waals surface area contributed by atoms with E-state index in [0.717, 1.165) is 29.4 Å². The summed E-state index contributed by atoms with van der Waals surface area (Å²) in [5.74, 6) is 1.45. The Morgan fingerprint density at radius 1 is 1.23 bits per heavy atom. The maximum absolute atomic E-state index is 12.3. The van der Waals surface area contributed by atoms with Crippen molar-refractivity contribution >= 4 is 17.0 Å². The van der Waals surface area contributed by atoms with Crippen molar-refractivity contribution in [1.29, 1.82) is 0 Å². The number of nitrogens with zero attached hydrogens (tertiary/aromatic N) is 5. The number of aromatic nitrogens is 4. The van der Waals surface area contributed by atoms with E-state index >= 15 is 0 Å². The lowest BCUT2D eigenvalue weighted by molar-refractivity contribution is 0.0198. The summed E-state index contributed by atoms with van der Waals surface area (Å²) in [6.07, 6.45) is 1.26. The van der Waals surface area contributed by atoms with Gasteiger partial charge in [0.1, 0.15) is 5.60 Å². The zero-order valence-corrected chi connectivity index (χ0v) is 19.2. The highest BCUT2D eigenvalue weighted by Crippen LogP contribution is 2.31. The van der Waals surface area contributed by atoms with Gasteiger partial charge in [0.15, 0.2) is 0 Å². The molecule has 0 unspecified atom stereocenters. The molecule has 1 aliphatic heterocycles. The van der Waals surface area contributed by atoms with E-state index in [0.29, 0.717) is 24.9 Å². The quantitative estimate of drug-likeness (QED) is 0.590. The van der Waals surface area contributed by atoms with Gasteiger partial charge in [0.05, 0.1) is 11.2 Å². The maximum atomic E-state index is 12.3. The number of fused-ring (bicyclic) bond motifs is 1. The van der Waals surface area contributed by atoms with Crippen molar-refractivity contribution in [3.05, 3.63) is 35.3 Å². The van der Waals surface area contributed by atoms with Crippen LogP contribution >= 0.6 is 0 Å². The van der Waals surface area contributed by atoms with Crippen molar-refractivity contribution in [2.24, 2.45) is 0 Å². The van der Waals surface area contributed by atoms with Crippen LogP contribution in [0.15, 0.2) is 22.7 Å². The van der Waals surface area contributed by atoms with Gasteiger partial charge in [-0.3, -0.25) is 0 Å². The van der Waals surface area contributed by atoms with Crippen molar-refractivity contribution in [1.82, 2.24) is 24.8 Å². The van der Waals surface area contributed by atoms with E-state index in [9.17, 15) is 4.79 Å². The molecule has 1 aromatic carbocycles. The Morgan fingerprint density at radius 3 is 2.58 bits per heavy atom. The number of benzene rings is 1. The van der Waals surface area contributed by atoms with Gasteiger partial charge in [-0.15, -0.1) is 0 Å². The van der Waals surface area contributed by atoms with E-state index in [1.54, 1.807) is 9.58 Å². The molecule has 4 rings (SSSR count). The summed E-state index contributed by atoms with van der Waals surface area (Å²) < 4.78 is 12.9. The van der Waals surface area contributed by atoms with Crippen LogP contribution in [0.1, 0.15) is 76.4 Å². The number of hydrogen-bond donors (Lipinski definition) is 0. The van der Waals surface area contributed by atoms with Crippen molar-refractivity contribution in [3.63, 3.8) is 0 Å². The van der Waals surface area contributed by atoms with Crippen LogP contribution in [-0.4, -0.2) is 49.6 Å². The van der Waals surface area contributed by atoms with Crippen LogP contribution in [0.25, 0.3) is 16.9 Å². The summed E-state index contributed by atoms with van der Waals surface area (Å²) in [6.45, 7) is 13.2. The number of hydrogen-bond acceptors (Lipinski definition) is 6. The molecule has 0 saturated carbocycles. The highest BCUT2D eigenvalue weighted by molar-refractivity contribution is 5.86. The lowest BCUT2D eigenvalue weighted by Crippen LogP contribution is -2.41. The molecular formula is C23H31N5O3. The average molecular weight is 426 g/mol. The molecule has 1 fully saturated rings. The Hall–Kier alpha value is -2.90. The second kappa shape index (κ2) is 7.98. The molecule has 0 bridgehead atoms. The molecule has 166 valence electrons. The average Bonchev–Trinajstić information content (AvgIpc) is 3.32. The standard InChI is InChI=1S/C23H31N5O3/c1-14(2)19-18-15(3)8-7-9-17(18)28(25-19)21-24-20(31-26-21)16-10-12-27(13-11-16)22(29)30-23(4,5)6/h7-9,14,16H,10-13H2,1-6H3. The lowest BCUT2D eigenvalue weighted by Gasteiger charge is -2.32. The molecule has 8 nitrogen and oxygen atoms in total. The topological polar surface area (TPSA) is 86.3 Å². The first-order chi connectivity index (χ1) is 14.6. The van der Waals surface area contributed by atoms with Crippen LogP contribution in [0.3, 0.4) is 0 Å². The number of amides is 1. The zero-order valence-electron chi connectivity index (χ0n) is 19.2. The van der Waals surface area contributed by atoms with Crippen LogP contribution in [0.4, 0.5) is 4.79 Å². The second-order valence-electron chi connectivity index (χ2n) is 9.60. The van der Waals surface area contributed by atoms with Gasteiger partial charge in [-0.2, -0.15) is 14.8 Å². The number of carbonyl (C=O) groups excluding carboxylic acids is 1. The van der Waals surface area contributed by atoms with Crippen LogP contribution in [0.5, 0.6) is 0 Å². The summed E-state index contributed by atoms with van der Waals surface area (Å²) in [7, 11) is 0. The first kappa shape index (κ1) is 21.3. The minimum absolute atomic E-state index is 0.119. The molecule has 31 heavy (non-hydrogen) atoms. The first-order valence-corrected chi connectivity index (χ1v) is 10.9. The fourth-order valence-electron chi connectivity index (χ4n) is 4.04. The van der Waals surface area contributed by atoms with Gasteiger partial charge in [0, 0.05) is 24.4 Å². The number of piperidine rings is 1. The predicted molar refractivity (Wildman–Crippen MR) is 118 cm³/mol. The number of aryl methyl sites for hydroxylation is 1. The Morgan fingerprint density at radius 2 is 1.94 bits per heavy atom. The molecule has 0 atom stereocenters. The molecule has 3 heterocycles. The molecule has 0 N–H and O–H groups in total. The number of rotatable bonds is 3. The summed E-state index contributed by atoms with van der Waals surface area (Å²) in [5.41, 5.74) is 2.71. The second-order valence-corrected chi connectivity index (χ2v) is 9.60. The maximum Gasteiger partial charge on any atom is 0.410 e. The van der Waals surface area contributed by atoms with E-state index in [1.165, 1.54) is 5.56 Å². The van der Waals surface area contributed by atoms with E-state index < -0.39 is 5.60 Å². The van der Waals surface area contributed by atoms with E-state index in [4.69, 9.17) is 14.4 Å². The summed E-state index contributed by atoms with van der Waals surface area (Å²) in [5, 5.41) is 10.2. The molecule has 2 aromatic heterocycles. The van der Waals surface area contributed by atoms with Crippen LogP contribution in [0.2, 0.25) is 0 Å². The zero-order chi connectivity index (χ0) is 22.3. The van der Waals surface area contributed by atoms with Gasteiger partial charge >= 0.3 is 6.09 Å². The number of carbonyl (C=O) groups is 1. The number of likely N-dealkylation sites (tertiary alicyclic amines) is 1. The SMILES string of the molecule is Cc1cccc2c1c(C(C)C)nn2-c1noc(C2CCN(C(=O)OC(C)(C)C)CC2)n1. The normalized spacial score (nSPS) is 15.8. The third-order valence-corrected chi connectivity index (χ3v) is 5.61. The summed E-state index contributed by atoms with van der Waals surface area (Å²) >= 11 is 0. The molecule has 1 aliphatic rings. The van der Waals surface area contributed by atoms with Crippen LogP contribution < -0.4 is 0 Å². The van der Waals surface area contributed by atoms with Gasteiger partial charge in [0.25, 0.3) is 5.95 Å². The molecular weight excluding hydrogens is 394 g/mol. The van der Waals surface area contributed by atoms with Crippen molar-refractivity contribution in [2.45, 2.75) is 71.8 Å². The number of ether oxygens (including phenoxy) is 1. The van der Waals surface area contributed by atoms with Crippen LogP contribution in [-0.2, 0) is 4.74 Å². The minimum atomic E-state index is -0.491. The largest absolute Gasteiger partial charge is 0.444 e. The van der Waals surface area contributed by atoms with E-state index in [-0.39, 0.29) is 17.9 Å². The fraction of sp³-hybridized carbons (Fsp3) is 0.565. The van der Waals surface area contributed by atoms with Gasteiger partial charge in [-0.1, -0.05) is 26.0 Å². The highest BCUT2D eigenvalue weighted by Gasteiger charge is 2.30. The molecule has 0 spiro atoms. The van der Waals surface area contributed by atoms with Crippen molar-refractivity contribution in [3.8, 4) is 5.95 Å². The molecule has 3 aromatic rings. The smallest absolute Gasteiger partial charge is 0.410 e. The first-order valence-electron chi connectivity index (χ1n) is 10.9.